The Morgan fingerprint density at radius 1 is 1.24 bits per heavy atom. The minimum atomic E-state index is -0.401. The number of ether oxygens (including phenoxy) is 1. The van der Waals surface area contributed by atoms with Crippen molar-refractivity contribution < 1.29 is 9.13 Å². The third-order valence-corrected chi connectivity index (χ3v) is 3.61. The molecule has 21 heavy (non-hydrogen) atoms. The average Bonchev–Trinajstić information content (AvgIpc) is 2.97. The molecule has 0 saturated carbocycles. The highest BCUT2D eigenvalue weighted by Gasteiger charge is 2.09. The van der Waals surface area contributed by atoms with Crippen LogP contribution in [0.3, 0.4) is 0 Å². The van der Waals surface area contributed by atoms with Gasteiger partial charge in [0.05, 0.1) is 12.8 Å². The molecule has 1 N–H and O–H groups in total. The molecule has 0 spiro atoms. The SMILES string of the molecule is COc1ccc(-c2csc(Nc3ccccn3)n2)cc1F. The van der Waals surface area contributed by atoms with Crippen LogP contribution in [-0.4, -0.2) is 17.1 Å². The summed E-state index contributed by atoms with van der Waals surface area (Å²) in [6.07, 6.45) is 1.70. The zero-order chi connectivity index (χ0) is 14.7. The Morgan fingerprint density at radius 2 is 2.14 bits per heavy atom. The number of thiazole rings is 1. The van der Waals surface area contributed by atoms with Crippen LogP contribution in [0.15, 0.2) is 48.0 Å². The molecule has 0 atom stereocenters. The molecule has 0 fully saturated rings. The zero-order valence-electron chi connectivity index (χ0n) is 11.2. The van der Waals surface area contributed by atoms with Gasteiger partial charge in [-0.25, -0.2) is 14.4 Å². The smallest absolute Gasteiger partial charge is 0.188 e. The minimum Gasteiger partial charge on any atom is -0.494 e. The Labute approximate surface area is 125 Å². The standard InChI is InChI=1S/C15H12FN3OS/c1-20-13-6-5-10(8-11(13)16)12-9-21-15(18-12)19-14-4-2-3-7-17-14/h2-9H,1H3,(H,17,18,19). The molecule has 6 heteroatoms. The van der Waals surface area contributed by atoms with Gasteiger partial charge in [-0.1, -0.05) is 6.07 Å². The summed E-state index contributed by atoms with van der Waals surface area (Å²) in [5, 5.41) is 5.68. The molecule has 1 aromatic carbocycles. The maximum absolute atomic E-state index is 13.7. The number of hydrogen-bond acceptors (Lipinski definition) is 5. The number of halogens is 1. The van der Waals surface area contributed by atoms with Crippen molar-refractivity contribution >= 4 is 22.3 Å². The summed E-state index contributed by atoms with van der Waals surface area (Å²) in [5.74, 6) is 0.544. The fourth-order valence-electron chi connectivity index (χ4n) is 1.84. The van der Waals surface area contributed by atoms with Crippen molar-refractivity contribution in [2.45, 2.75) is 0 Å². The number of aromatic nitrogens is 2. The van der Waals surface area contributed by atoms with Crippen LogP contribution in [0.2, 0.25) is 0 Å². The topological polar surface area (TPSA) is 47.0 Å². The monoisotopic (exact) mass is 301 g/mol. The van der Waals surface area contributed by atoms with E-state index in [1.165, 1.54) is 24.5 Å². The van der Waals surface area contributed by atoms with Crippen LogP contribution in [0.25, 0.3) is 11.3 Å². The summed E-state index contributed by atoms with van der Waals surface area (Å²) in [6, 6.07) is 10.4. The molecule has 0 amide bonds. The first-order chi connectivity index (χ1) is 10.3. The van der Waals surface area contributed by atoms with Crippen LogP contribution in [0, 0.1) is 5.82 Å². The van der Waals surface area contributed by atoms with Gasteiger partial charge in [0, 0.05) is 17.1 Å². The number of pyridine rings is 1. The molecule has 4 nitrogen and oxygen atoms in total. The Balaban J connectivity index is 1.83. The summed E-state index contributed by atoms with van der Waals surface area (Å²) < 4.78 is 18.6. The van der Waals surface area contributed by atoms with E-state index >= 15 is 0 Å². The molecule has 3 aromatic rings. The van der Waals surface area contributed by atoms with Crippen molar-refractivity contribution in [1.82, 2.24) is 9.97 Å². The summed E-state index contributed by atoms with van der Waals surface area (Å²) in [7, 11) is 1.44. The van der Waals surface area contributed by atoms with Gasteiger partial charge in [0.2, 0.25) is 0 Å². The van der Waals surface area contributed by atoms with E-state index < -0.39 is 5.82 Å². The van der Waals surface area contributed by atoms with E-state index in [-0.39, 0.29) is 5.75 Å². The lowest BCUT2D eigenvalue weighted by Gasteiger charge is -2.03. The molecule has 0 unspecified atom stereocenters. The lowest BCUT2D eigenvalue weighted by molar-refractivity contribution is 0.386. The van der Waals surface area contributed by atoms with E-state index in [9.17, 15) is 4.39 Å². The highest BCUT2D eigenvalue weighted by atomic mass is 32.1. The molecule has 0 bridgehead atoms. The van der Waals surface area contributed by atoms with Gasteiger partial charge in [-0.3, -0.25) is 0 Å². The van der Waals surface area contributed by atoms with Gasteiger partial charge >= 0.3 is 0 Å². The Kier molecular flexibility index (Phi) is 3.79. The third kappa shape index (κ3) is 3.00. The second-order valence-electron chi connectivity index (χ2n) is 4.23. The van der Waals surface area contributed by atoms with E-state index in [1.807, 2.05) is 23.6 Å². The van der Waals surface area contributed by atoms with Crippen LogP contribution in [0.1, 0.15) is 0 Å². The molecule has 0 radical (unpaired) electrons. The molecule has 0 aliphatic carbocycles. The zero-order valence-corrected chi connectivity index (χ0v) is 12.0. The van der Waals surface area contributed by atoms with E-state index in [2.05, 4.69) is 15.3 Å². The first-order valence-corrected chi connectivity index (χ1v) is 7.12. The molecule has 2 aromatic heterocycles. The maximum atomic E-state index is 13.7. The minimum absolute atomic E-state index is 0.223. The van der Waals surface area contributed by atoms with E-state index in [1.54, 1.807) is 18.3 Å². The van der Waals surface area contributed by atoms with Gasteiger partial charge in [-0.05, 0) is 30.3 Å². The number of hydrogen-bond donors (Lipinski definition) is 1. The summed E-state index contributed by atoms with van der Waals surface area (Å²) >= 11 is 1.44. The highest BCUT2D eigenvalue weighted by Crippen LogP contribution is 2.29. The Bertz CT molecular complexity index is 746. The average molecular weight is 301 g/mol. The molecule has 0 aliphatic rings. The molecule has 3 rings (SSSR count). The number of rotatable bonds is 4. The predicted molar refractivity (Wildman–Crippen MR) is 81.6 cm³/mol. The van der Waals surface area contributed by atoms with Gasteiger partial charge in [-0.2, -0.15) is 0 Å². The van der Waals surface area contributed by atoms with Crippen LogP contribution < -0.4 is 10.1 Å². The molecular formula is C15H12FN3OS. The number of nitrogens with one attached hydrogen (secondary N) is 1. The van der Waals surface area contributed by atoms with Crippen molar-refractivity contribution in [1.29, 1.82) is 0 Å². The first-order valence-electron chi connectivity index (χ1n) is 6.24. The highest BCUT2D eigenvalue weighted by molar-refractivity contribution is 7.14. The van der Waals surface area contributed by atoms with Crippen LogP contribution >= 0.6 is 11.3 Å². The van der Waals surface area contributed by atoms with E-state index in [0.29, 0.717) is 16.4 Å². The third-order valence-electron chi connectivity index (χ3n) is 2.85. The normalized spacial score (nSPS) is 10.4. The van der Waals surface area contributed by atoms with Crippen molar-refractivity contribution in [3.8, 4) is 17.0 Å². The van der Waals surface area contributed by atoms with E-state index in [0.717, 1.165) is 5.82 Å². The first kappa shape index (κ1) is 13.5. The van der Waals surface area contributed by atoms with Crippen LogP contribution in [-0.2, 0) is 0 Å². The lowest BCUT2D eigenvalue weighted by Crippen LogP contribution is -1.92. The maximum Gasteiger partial charge on any atom is 0.188 e. The second kappa shape index (κ2) is 5.88. The largest absolute Gasteiger partial charge is 0.494 e. The number of anilines is 2. The van der Waals surface area contributed by atoms with Gasteiger partial charge in [-0.15, -0.1) is 11.3 Å². The summed E-state index contributed by atoms with van der Waals surface area (Å²) in [5.41, 5.74) is 1.42. The van der Waals surface area contributed by atoms with Crippen LogP contribution in [0.5, 0.6) is 5.75 Å². The van der Waals surface area contributed by atoms with Gasteiger partial charge in [0.1, 0.15) is 5.82 Å². The molecule has 0 saturated heterocycles. The van der Waals surface area contributed by atoms with Gasteiger partial charge in [0.15, 0.2) is 16.7 Å². The van der Waals surface area contributed by atoms with Gasteiger partial charge < -0.3 is 10.1 Å². The fourth-order valence-corrected chi connectivity index (χ4v) is 2.56. The number of methoxy groups -OCH3 is 1. The van der Waals surface area contributed by atoms with Crippen molar-refractivity contribution in [3.05, 3.63) is 53.8 Å². The number of benzene rings is 1. The molecule has 0 aliphatic heterocycles. The Hall–Kier alpha value is -2.47. The van der Waals surface area contributed by atoms with Crippen LogP contribution in [0.4, 0.5) is 15.3 Å². The second-order valence-corrected chi connectivity index (χ2v) is 5.09. The van der Waals surface area contributed by atoms with Crippen molar-refractivity contribution in [2.75, 3.05) is 12.4 Å². The molecular weight excluding hydrogens is 289 g/mol. The fraction of sp³-hybridized carbons (Fsp3) is 0.0667. The van der Waals surface area contributed by atoms with Gasteiger partial charge in [0.25, 0.3) is 0 Å². The lowest BCUT2D eigenvalue weighted by atomic mass is 10.1. The Morgan fingerprint density at radius 3 is 2.86 bits per heavy atom. The van der Waals surface area contributed by atoms with Crippen molar-refractivity contribution in [3.63, 3.8) is 0 Å². The molecule has 2 heterocycles. The summed E-state index contributed by atoms with van der Waals surface area (Å²) in [6.45, 7) is 0. The molecule has 106 valence electrons. The van der Waals surface area contributed by atoms with Crippen molar-refractivity contribution in [2.24, 2.45) is 0 Å². The van der Waals surface area contributed by atoms with E-state index in [4.69, 9.17) is 4.74 Å². The quantitative estimate of drug-likeness (QED) is 0.788. The summed E-state index contributed by atoms with van der Waals surface area (Å²) in [4.78, 5) is 8.60. The predicted octanol–water partition coefficient (Wildman–Crippen LogP) is 4.10. The number of nitrogens with zero attached hydrogens (tertiary/aromatic N) is 2.